The molecular formula is C8H7FN2. The zero-order valence-corrected chi connectivity index (χ0v) is 5.92. The molecule has 0 amide bonds. The largest absolute Gasteiger partial charge is 0.262 e. The van der Waals surface area contributed by atoms with Crippen molar-refractivity contribution in [2.45, 2.75) is 0 Å². The highest BCUT2D eigenvalue weighted by Gasteiger charge is 1.98. The third kappa shape index (κ3) is 1.49. The summed E-state index contributed by atoms with van der Waals surface area (Å²) in [5.41, 5.74) is 0.960. The minimum Gasteiger partial charge on any atom is -0.262 e. The molecule has 0 fully saturated rings. The van der Waals surface area contributed by atoms with E-state index in [0.717, 1.165) is 6.20 Å². The van der Waals surface area contributed by atoms with Crippen LogP contribution in [0, 0.1) is 5.82 Å². The molecule has 0 aliphatic rings. The molecule has 0 spiro atoms. The van der Waals surface area contributed by atoms with Gasteiger partial charge in [0.15, 0.2) is 0 Å². The van der Waals surface area contributed by atoms with Crippen molar-refractivity contribution in [3.05, 3.63) is 30.4 Å². The van der Waals surface area contributed by atoms with E-state index < -0.39 is 5.82 Å². The van der Waals surface area contributed by atoms with Crippen LogP contribution in [-0.2, 0) is 0 Å². The van der Waals surface area contributed by atoms with Crippen LogP contribution in [-0.4, -0.2) is 11.7 Å². The Labute approximate surface area is 64.1 Å². The lowest BCUT2D eigenvalue weighted by Crippen LogP contribution is -1.83. The lowest BCUT2D eigenvalue weighted by molar-refractivity contribution is 0.621. The van der Waals surface area contributed by atoms with Crippen LogP contribution in [0.15, 0.2) is 23.8 Å². The second kappa shape index (κ2) is 3.05. The summed E-state index contributed by atoms with van der Waals surface area (Å²) in [4.78, 5) is 7.32. The summed E-state index contributed by atoms with van der Waals surface area (Å²) in [6.07, 6.45) is 2.62. The molecule has 0 bridgehead atoms. The van der Waals surface area contributed by atoms with E-state index >= 15 is 0 Å². The lowest BCUT2D eigenvalue weighted by atomic mass is 10.3. The van der Waals surface area contributed by atoms with Crippen molar-refractivity contribution in [2.24, 2.45) is 4.99 Å². The first-order chi connectivity index (χ1) is 5.27. The van der Waals surface area contributed by atoms with Gasteiger partial charge in [-0.25, -0.2) is 4.39 Å². The van der Waals surface area contributed by atoms with Gasteiger partial charge in [0, 0.05) is 6.07 Å². The molecule has 3 heteroatoms. The maximum absolute atomic E-state index is 12.5. The molecule has 0 saturated heterocycles. The van der Waals surface area contributed by atoms with Gasteiger partial charge in [-0.1, -0.05) is 6.58 Å². The lowest BCUT2D eigenvalue weighted by Gasteiger charge is -1.96. The molecule has 0 unspecified atom stereocenters. The second-order valence-corrected chi connectivity index (χ2v) is 1.92. The van der Waals surface area contributed by atoms with Crippen molar-refractivity contribution in [3.8, 4) is 0 Å². The average Bonchev–Trinajstić information content (AvgIpc) is 2.04. The molecule has 1 aromatic rings. The van der Waals surface area contributed by atoms with Gasteiger partial charge in [-0.05, 0) is 12.8 Å². The number of aliphatic imine (C=N–C) groups is 1. The van der Waals surface area contributed by atoms with Gasteiger partial charge in [-0.3, -0.25) is 9.98 Å². The Kier molecular flexibility index (Phi) is 2.11. The van der Waals surface area contributed by atoms with Crippen LogP contribution in [0.3, 0.4) is 0 Å². The summed E-state index contributed by atoms with van der Waals surface area (Å²) in [6.45, 7) is 6.77. The first kappa shape index (κ1) is 7.60. The maximum Gasteiger partial charge on any atom is 0.143 e. The number of halogens is 1. The summed E-state index contributed by atoms with van der Waals surface area (Å²) >= 11 is 0. The summed E-state index contributed by atoms with van der Waals surface area (Å²) in [7, 11) is 0. The highest BCUT2D eigenvalue weighted by molar-refractivity contribution is 5.60. The standard InChI is InChI=1S/C8H7FN2/c1-3-7-8(10-2)4-6(9)5-11-7/h3-5H,1-2H2. The molecule has 1 rings (SSSR count). The molecule has 0 aliphatic heterocycles. The minimum absolute atomic E-state index is 0.417. The molecule has 2 nitrogen and oxygen atoms in total. The SMILES string of the molecule is C=Cc1ncc(F)cc1N=C. The van der Waals surface area contributed by atoms with Crippen molar-refractivity contribution >= 4 is 18.5 Å². The number of hydrogen-bond donors (Lipinski definition) is 0. The smallest absolute Gasteiger partial charge is 0.143 e. The highest BCUT2D eigenvalue weighted by Crippen LogP contribution is 2.17. The van der Waals surface area contributed by atoms with Crippen LogP contribution in [0.4, 0.5) is 10.1 Å². The van der Waals surface area contributed by atoms with Gasteiger partial charge >= 0.3 is 0 Å². The Hall–Kier alpha value is -1.51. The fraction of sp³-hybridized carbons (Fsp3) is 0. The van der Waals surface area contributed by atoms with E-state index in [9.17, 15) is 4.39 Å². The van der Waals surface area contributed by atoms with Crippen LogP contribution in [0.1, 0.15) is 5.69 Å². The van der Waals surface area contributed by atoms with Gasteiger partial charge < -0.3 is 0 Å². The molecule has 0 saturated carbocycles. The zero-order valence-electron chi connectivity index (χ0n) is 5.92. The monoisotopic (exact) mass is 150 g/mol. The Morgan fingerprint density at radius 3 is 2.91 bits per heavy atom. The van der Waals surface area contributed by atoms with E-state index in [1.165, 1.54) is 12.1 Å². The van der Waals surface area contributed by atoms with Gasteiger partial charge in [0.25, 0.3) is 0 Å². The van der Waals surface area contributed by atoms with Crippen LogP contribution < -0.4 is 0 Å². The molecule has 56 valence electrons. The summed E-state index contributed by atoms with van der Waals surface area (Å²) in [5, 5.41) is 0. The Morgan fingerprint density at radius 2 is 2.36 bits per heavy atom. The summed E-state index contributed by atoms with van der Waals surface area (Å²) in [5.74, 6) is -0.419. The van der Waals surface area contributed by atoms with Gasteiger partial charge in [-0.2, -0.15) is 0 Å². The number of hydrogen-bond acceptors (Lipinski definition) is 2. The van der Waals surface area contributed by atoms with Crippen molar-refractivity contribution < 1.29 is 4.39 Å². The quantitative estimate of drug-likeness (QED) is 0.593. The fourth-order valence-corrected chi connectivity index (χ4v) is 0.723. The predicted molar refractivity (Wildman–Crippen MR) is 43.5 cm³/mol. The van der Waals surface area contributed by atoms with Crippen LogP contribution >= 0.6 is 0 Å². The normalized spacial score (nSPS) is 9.18. The molecule has 11 heavy (non-hydrogen) atoms. The van der Waals surface area contributed by atoms with Crippen molar-refractivity contribution in [1.29, 1.82) is 0 Å². The number of pyridine rings is 1. The van der Waals surface area contributed by atoms with Gasteiger partial charge in [0.2, 0.25) is 0 Å². The molecule has 0 aliphatic carbocycles. The average molecular weight is 150 g/mol. The number of rotatable bonds is 2. The molecule has 1 heterocycles. The Balaban J connectivity index is 3.26. The van der Waals surface area contributed by atoms with E-state index in [2.05, 4.69) is 23.3 Å². The van der Waals surface area contributed by atoms with Gasteiger partial charge in [0.05, 0.1) is 17.6 Å². The van der Waals surface area contributed by atoms with E-state index in [0.29, 0.717) is 11.4 Å². The number of aromatic nitrogens is 1. The Morgan fingerprint density at radius 1 is 1.64 bits per heavy atom. The van der Waals surface area contributed by atoms with Crippen molar-refractivity contribution in [1.82, 2.24) is 4.98 Å². The molecule has 0 radical (unpaired) electrons. The highest BCUT2D eigenvalue weighted by atomic mass is 19.1. The minimum atomic E-state index is -0.419. The van der Waals surface area contributed by atoms with Crippen LogP contribution in [0.2, 0.25) is 0 Å². The maximum atomic E-state index is 12.5. The van der Waals surface area contributed by atoms with Crippen molar-refractivity contribution in [3.63, 3.8) is 0 Å². The van der Waals surface area contributed by atoms with E-state index in [1.54, 1.807) is 0 Å². The molecule has 1 aromatic heterocycles. The molecular weight excluding hydrogens is 143 g/mol. The summed E-state index contributed by atoms with van der Waals surface area (Å²) in [6, 6.07) is 1.26. The Bertz CT molecular complexity index is 294. The van der Waals surface area contributed by atoms with Gasteiger partial charge in [0.1, 0.15) is 5.82 Å². The molecule has 0 aromatic carbocycles. The van der Waals surface area contributed by atoms with E-state index in [4.69, 9.17) is 0 Å². The topological polar surface area (TPSA) is 25.2 Å². The molecule has 0 atom stereocenters. The predicted octanol–water partition coefficient (Wildman–Crippen LogP) is 2.20. The van der Waals surface area contributed by atoms with Crippen LogP contribution in [0.25, 0.3) is 6.08 Å². The van der Waals surface area contributed by atoms with E-state index in [1.807, 2.05) is 0 Å². The fourth-order valence-electron chi connectivity index (χ4n) is 0.723. The summed E-state index contributed by atoms with van der Waals surface area (Å²) < 4.78 is 12.5. The first-order valence-corrected chi connectivity index (χ1v) is 3.02. The third-order valence-corrected chi connectivity index (χ3v) is 1.23. The van der Waals surface area contributed by atoms with Gasteiger partial charge in [-0.15, -0.1) is 0 Å². The third-order valence-electron chi connectivity index (χ3n) is 1.23. The second-order valence-electron chi connectivity index (χ2n) is 1.92. The molecule has 0 N–H and O–H groups in total. The van der Waals surface area contributed by atoms with Crippen molar-refractivity contribution in [2.75, 3.05) is 0 Å². The number of nitrogens with zero attached hydrogens (tertiary/aromatic N) is 2. The van der Waals surface area contributed by atoms with E-state index in [-0.39, 0.29) is 0 Å². The van der Waals surface area contributed by atoms with Crippen LogP contribution in [0.5, 0.6) is 0 Å². The zero-order chi connectivity index (χ0) is 8.27. The first-order valence-electron chi connectivity index (χ1n) is 3.02.